The van der Waals surface area contributed by atoms with Crippen LogP contribution < -0.4 is 5.73 Å². The van der Waals surface area contributed by atoms with Crippen LogP contribution in [-0.2, 0) is 13.3 Å². The molecule has 4 nitrogen and oxygen atoms in total. The smallest absolute Gasteiger partial charge is 0.377 e. The monoisotopic (exact) mass is 277 g/mol. The third kappa shape index (κ3) is 4.97. The zero-order valence-corrected chi connectivity index (χ0v) is 13.9. The molecule has 0 aliphatic heterocycles. The third-order valence-corrected chi connectivity index (χ3v) is 6.81. The quantitative estimate of drug-likeness (QED) is 0.624. The molecule has 0 amide bonds. The SMILES string of the molecule is CCCCC(CC(C)(C)CN)[Si](OC)(OC)OC. The Morgan fingerprint density at radius 1 is 1.11 bits per heavy atom. The van der Waals surface area contributed by atoms with E-state index in [1.54, 1.807) is 21.3 Å². The predicted molar refractivity (Wildman–Crippen MR) is 77.5 cm³/mol. The molecule has 0 saturated carbocycles. The van der Waals surface area contributed by atoms with E-state index in [1.165, 1.54) is 6.42 Å². The van der Waals surface area contributed by atoms with Gasteiger partial charge in [0, 0.05) is 26.9 Å². The second-order valence-electron chi connectivity index (χ2n) is 5.63. The van der Waals surface area contributed by atoms with Crippen molar-refractivity contribution in [3.05, 3.63) is 0 Å². The van der Waals surface area contributed by atoms with Crippen LogP contribution in [0.3, 0.4) is 0 Å². The zero-order valence-electron chi connectivity index (χ0n) is 12.9. The Labute approximate surface area is 114 Å². The highest BCUT2D eigenvalue weighted by Gasteiger charge is 2.48. The van der Waals surface area contributed by atoms with Crippen molar-refractivity contribution in [1.29, 1.82) is 0 Å². The lowest BCUT2D eigenvalue weighted by Crippen LogP contribution is -2.49. The van der Waals surface area contributed by atoms with Gasteiger partial charge in [0.1, 0.15) is 0 Å². The molecule has 0 radical (unpaired) electrons. The summed E-state index contributed by atoms with van der Waals surface area (Å²) in [6.07, 6.45) is 4.38. The maximum atomic E-state index is 5.84. The van der Waals surface area contributed by atoms with Crippen molar-refractivity contribution in [3.8, 4) is 0 Å². The van der Waals surface area contributed by atoms with Crippen molar-refractivity contribution in [1.82, 2.24) is 0 Å². The van der Waals surface area contributed by atoms with E-state index in [9.17, 15) is 0 Å². The summed E-state index contributed by atoms with van der Waals surface area (Å²) in [4.78, 5) is 0. The number of hydrogen-bond donors (Lipinski definition) is 1. The molecule has 1 atom stereocenters. The summed E-state index contributed by atoms with van der Waals surface area (Å²) in [5.41, 5.74) is 6.25. The van der Waals surface area contributed by atoms with Gasteiger partial charge >= 0.3 is 8.80 Å². The molecule has 5 heteroatoms. The maximum absolute atomic E-state index is 5.84. The van der Waals surface area contributed by atoms with Gasteiger partial charge in [-0.25, -0.2) is 0 Å². The molecule has 0 fully saturated rings. The van der Waals surface area contributed by atoms with E-state index in [0.717, 1.165) is 19.3 Å². The fourth-order valence-electron chi connectivity index (χ4n) is 2.35. The first kappa shape index (κ1) is 18.1. The van der Waals surface area contributed by atoms with Gasteiger partial charge in [0.2, 0.25) is 0 Å². The largest absolute Gasteiger partial charge is 0.503 e. The van der Waals surface area contributed by atoms with Crippen molar-refractivity contribution in [2.45, 2.75) is 52.0 Å². The van der Waals surface area contributed by atoms with E-state index in [2.05, 4.69) is 20.8 Å². The Hall–Kier alpha value is 0.0569. The lowest BCUT2D eigenvalue weighted by molar-refractivity contribution is 0.100. The molecule has 0 aliphatic carbocycles. The van der Waals surface area contributed by atoms with Gasteiger partial charge in [0.25, 0.3) is 0 Å². The topological polar surface area (TPSA) is 53.7 Å². The van der Waals surface area contributed by atoms with E-state index in [-0.39, 0.29) is 5.41 Å². The number of unbranched alkanes of at least 4 members (excludes halogenated alkanes) is 1. The van der Waals surface area contributed by atoms with Gasteiger partial charge in [-0.1, -0.05) is 33.6 Å². The fourth-order valence-corrected chi connectivity index (χ4v) is 5.21. The molecule has 0 spiro atoms. The zero-order chi connectivity index (χ0) is 14.2. The van der Waals surface area contributed by atoms with Gasteiger partial charge in [-0.2, -0.15) is 0 Å². The molecule has 18 heavy (non-hydrogen) atoms. The number of nitrogens with two attached hydrogens (primary N) is 1. The average molecular weight is 277 g/mol. The minimum atomic E-state index is -2.57. The van der Waals surface area contributed by atoms with Crippen LogP contribution in [0, 0.1) is 5.41 Å². The Kier molecular flexibility index (Phi) is 8.30. The van der Waals surface area contributed by atoms with E-state index in [4.69, 9.17) is 19.0 Å². The third-order valence-electron chi connectivity index (χ3n) is 3.61. The van der Waals surface area contributed by atoms with Gasteiger partial charge < -0.3 is 19.0 Å². The summed E-state index contributed by atoms with van der Waals surface area (Å²) in [5.74, 6) is 0. The first-order chi connectivity index (χ1) is 8.41. The summed E-state index contributed by atoms with van der Waals surface area (Å²) < 4.78 is 16.9. The molecule has 110 valence electrons. The molecule has 0 bridgehead atoms. The second kappa shape index (κ2) is 8.27. The van der Waals surface area contributed by atoms with E-state index < -0.39 is 8.80 Å². The molecule has 1 unspecified atom stereocenters. The van der Waals surface area contributed by atoms with Crippen molar-refractivity contribution in [2.24, 2.45) is 11.1 Å². The Bertz CT molecular complexity index is 212. The molecule has 0 aromatic rings. The van der Waals surface area contributed by atoms with E-state index in [1.807, 2.05) is 0 Å². The summed E-state index contributed by atoms with van der Waals surface area (Å²) in [6.45, 7) is 7.23. The highest BCUT2D eigenvalue weighted by Crippen LogP contribution is 2.39. The molecule has 0 aromatic heterocycles. The first-order valence-corrected chi connectivity index (χ1v) is 8.57. The summed E-state index contributed by atoms with van der Waals surface area (Å²) in [5, 5.41) is 0. The van der Waals surface area contributed by atoms with Crippen molar-refractivity contribution < 1.29 is 13.3 Å². The van der Waals surface area contributed by atoms with Crippen LogP contribution in [0.4, 0.5) is 0 Å². The minimum Gasteiger partial charge on any atom is -0.377 e. The van der Waals surface area contributed by atoms with Gasteiger partial charge in [-0.15, -0.1) is 0 Å². The molecule has 0 rings (SSSR count). The van der Waals surface area contributed by atoms with Gasteiger partial charge in [0.15, 0.2) is 0 Å². The summed E-state index contributed by atoms with van der Waals surface area (Å²) in [6, 6.07) is 0. The molecule has 0 aliphatic rings. The van der Waals surface area contributed by atoms with Crippen molar-refractivity contribution in [3.63, 3.8) is 0 Å². The van der Waals surface area contributed by atoms with Gasteiger partial charge in [0.05, 0.1) is 0 Å². The minimum absolute atomic E-state index is 0.0895. The van der Waals surface area contributed by atoms with E-state index in [0.29, 0.717) is 12.1 Å². The molecule has 0 heterocycles. The summed E-state index contributed by atoms with van der Waals surface area (Å²) >= 11 is 0. The Balaban J connectivity index is 4.94. The van der Waals surface area contributed by atoms with Crippen LogP contribution in [0.25, 0.3) is 0 Å². The molecule has 2 N–H and O–H groups in total. The lowest BCUT2D eigenvalue weighted by atomic mass is 9.86. The van der Waals surface area contributed by atoms with Crippen LogP contribution >= 0.6 is 0 Å². The van der Waals surface area contributed by atoms with Gasteiger partial charge in [-0.3, -0.25) is 0 Å². The molecule has 0 saturated heterocycles. The maximum Gasteiger partial charge on any atom is 0.503 e. The van der Waals surface area contributed by atoms with Crippen LogP contribution in [0.5, 0.6) is 0 Å². The van der Waals surface area contributed by atoms with Crippen molar-refractivity contribution in [2.75, 3.05) is 27.9 Å². The average Bonchev–Trinajstić information content (AvgIpc) is 2.38. The van der Waals surface area contributed by atoms with Crippen LogP contribution in [0.2, 0.25) is 5.54 Å². The molecular formula is C13H31NO3Si. The predicted octanol–water partition coefficient (Wildman–Crippen LogP) is 2.80. The highest BCUT2D eigenvalue weighted by molar-refractivity contribution is 6.62. The molecule has 0 aromatic carbocycles. The normalized spacial score (nSPS) is 14.8. The van der Waals surface area contributed by atoms with E-state index >= 15 is 0 Å². The lowest BCUT2D eigenvalue weighted by Gasteiger charge is -2.37. The second-order valence-corrected chi connectivity index (χ2v) is 8.88. The highest BCUT2D eigenvalue weighted by atomic mass is 28.4. The van der Waals surface area contributed by atoms with Gasteiger partial charge in [-0.05, 0) is 24.8 Å². The number of rotatable bonds is 10. The first-order valence-electron chi connectivity index (χ1n) is 6.76. The molecular weight excluding hydrogens is 246 g/mol. The van der Waals surface area contributed by atoms with Crippen LogP contribution in [-0.4, -0.2) is 36.7 Å². The van der Waals surface area contributed by atoms with Crippen LogP contribution in [0.1, 0.15) is 46.5 Å². The van der Waals surface area contributed by atoms with Crippen LogP contribution in [0.15, 0.2) is 0 Å². The fraction of sp³-hybridized carbons (Fsp3) is 1.00. The number of hydrogen-bond acceptors (Lipinski definition) is 4. The van der Waals surface area contributed by atoms with Crippen molar-refractivity contribution >= 4 is 8.80 Å². The summed E-state index contributed by atoms with van der Waals surface area (Å²) in [7, 11) is 2.50. The Morgan fingerprint density at radius 2 is 1.61 bits per heavy atom. The standard InChI is InChI=1S/C13H31NO3Si/c1-7-8-9-12(10-13(2,3)11-14)18(15-4,16-5)17-6/h12H,7-11,14H2,1-6H3. The Morgan fingerprint density at radius 3 is 1.94 bits per heavy atom.